The van der Waals surface area contributed by atoms with Crippen molar-refractivity contribution in [3.8, 4) is 0 Å². The molecule has 3 rings (SSSR count). The normalized spacial score (nSPS) is 20.4. The van der Waals surface area contributed by atoms with Gasteiger partial charge in [0.15, 0.2) is 5.69 Å². The lowest BCUT2D eigenvalue weighted by atomic mass is 10.1. The Balaban J connectivity index is 2.10. The zero-order valence-electron chi connectivity index (χ0n) is 13.3. The first-order chi connectivity index (χ1) is 11.4. The largest absolute Gasteiger partial charge is 0.467 e. The molecule has 8 nitrogen and oxygen atoms in total. The summed E-state index contributed by atoms with van der Waals surface area (Å²) in [7, 11) is 2.69. The Morgan fingerprint density at radius 1 is 1.29 bits per heavy atom. The van der Waals surface area contributed by atoms with Crippen LogP contribution in [0, 0.1) is 0 Å². The summed E-state index contributed by atoms with van der Waals surface area (Å²) in [4.78, 5) is 38.2. The molecule has 0 radical (unpaired) electrons. The van der Waals surface area contributed by atoms with Crippen LogP contribution in [0.3, 0.4) is 0 Å². The molecule has 1 aromatic carbocycles. The summed E-state index contributed by atoms with van der Waals surface area (Å²) in [6.45, 7) is 0.0114. The molecule has 0 unspecified atom stereocenters. The third-order valence-corrected chi connectivity index (χ3v) is 4.17. The van der Waals surface area contributed by atoms with Crippen molar-refractivity contribution in [1.29, 1.82) is 0 Å². The SMILES string of the molecule is COC(=O)[C@@H]1C[C@@H](O)CN1C(=O)c1nn(C)c(=O)c2ccccc12. The third-order valence-electron chi connectivity index (χ3n) is 4.17. The predicted octanol–water partition coefficient (Wildman–Crippen LogP) is -0.318. The molecule has 0 aliphatic carbocycles. The summed E-state index contributed by atoms with van der Waals surface area (Å²) in [6, 6.07) is 5.80. The van der Waals surface area contributed by atoms with Gasteiger partial charge in [0, 0.05) is 25.4 Å². The molecule has 1 N–H and O–H groups in total. The van der Waals surface area contributed by atoms with E-state index in [1.807, 2.05) is 0 Å². The standard InChI is InChI=1S/C16H17N3O5/c1-18-14(21)11-6-4-3-5-10(11)13(17-18)15(22)19-8-9(20)7-12(19)16(23)24-2/h3-6,9,12,20H,7-8H2,1-2H3/t9-,12+/m1/s1. The van der Waals surface area contributed by atoms with E-state index < -0.39 is 24.0 Å². The molecule has 8 heteroatoms. The van der Waals surface area contributed by atoms with Gasteiger partial charge in [0.25, 0.3) is 11.5 Å². The van der Waals surface area contributed by atoms with E-state index in [-0.39, 0.29) is 24.2 Å². The van der Waals surface area contributed by atoms with Gasteiger partial charge in [-0.3, -0.25) is 9.59 Å². The fourth-order valence-corrected chi connectivity index (χ4v) is 2.99. The number of hydrogen-bond donors (Lipinski definition) is 1. The lowest BCUT2D eigenvalue weighted by Crippen LogP contribution is -2.42. The van der Waals surface area contributed by atoms with E-state index in [0.717, 1.165) is 4.68 Å². The van der Waals surface area contributed by atoms with Crippen LogP contribution in [-0.2, 0) is 16.6 Å². The molecule has 0 saturated carbocycles. The van der Waals surface area contributed by atoms with Gasteiger partial charge in [-0.2, -0.15) is 5.10 Å². The second-order valence-electron chi connectivity index (χ2n) is 5.71. The number of esters is 1. The van der Waals surface area contributed by atoms with E-state index >= 15 is 0 Å². The van der Waals surface area contributed by atoms with E-state index in [1.165, 1.54) is 19.1 Å². The summed E-state index contributed by atoms with van der Waals surface area (Å²) in [5.74, 6) is -1.11. The van der Waals surface area contributed by atoms with Crippen LogP contribution in [0.2, 0.25) is 0 Å². The van der Waals surface area contributed by atoms with E-state index in [0.29, 0.717) is 10.8 Å². The fourth-order valence-electron chi connectivity index (χ4n) is 2.99. The second-order valence-corrected chi connectivity index (χ2v) is 5.71. The van der Waals surface area contributed by atoms with Gasteiger partial charge in [-0.1, -0.05) is 18.2 Å². The van der Waals surface area contributed by atoms with Crippen LogP contribution in [-0.4, -0.2) is 57.5 Å². The molecule has 1 saturated heterocycles. The van der Waals surface area contributed by atoms with E-state index in [1.54, 1.807) is 24.3 Å². The average Bonchev–Trinajstić information content (AvgIpc) is 2.98. The minimum absolute atomic E-state index is 0.0114. The predicted molar refractivity (Wildman–Crippen MR) is 84.4 cm³/mol. The monoisotopic (exact) mass is 331 g/mol. The molecule has 1 aliphatic heterocycles. The van der Waals surface area contributed by atoms with Crippen LogP contribution in [0.25, 0.3) is 10.8 Å². The molecule has 0 spiro atoms. The number of methoxy groups -OCH3 is 1. The summed E-state index contributed by atoms with van der Waals surface area (Å²) in [5.41, 5.74) is -0.246. The highest BCUT2D eigenvalue weighted by Gasteiger charge is 2.41. The highest BCUT2D eigenvalue weighted by Crippen LogP contribution is 2.23. The maximum atomic E-state index is 12.9. The fraction of sp³-hybridized carbons (Fsp3) is 0.375. The Kier molecular flexibility index (Phi) is 4.06. The van der Waals surface area contributed by atoms with Gasteiger partial charge in [-0.15, -0.1) is 0 Å². The maximum Gasteiger partial charge on any atom is 0.328 e. The van der Waals surface area contributed by atoms with Gasteiger partial charge in [-0.25, -0.2) is 9.48 Å². The zero-order valence-corrected chi connectivity index (χ0v) is 13.3. The van der Waals surface area contributed by atoms with Gasteiger partial charge < -0.3 is 14.7 Å². The van der Waals surface area contributed by atoms with Crippen molar-refractivity contribution in [2.75, 3.05) is 13.7 Å². The molecule has 1 fully saturated rings. The molecule has 126 valence electrons. The lowest BCUT2D eigenvalue weighted by molar-refractivity contribution is -0.145. The van der Waals surface area contributed by atoms with Crippen molar-refractivity contribution in [3.05, 3.63) is 40.3 Å². The Morgan fingerprint density at radius 3 is 2.62 bits per heavy atom. The number of aliphatic hydroxyl groups is 1. The molecule has 2 aromatic rings. The van der Waals surface area contributed by atoms with Crippen molar-refractivity contribution in [2.24, 2.45) is 7.05 Å². The number of aryl methyl sites for hydroxylation is 1. The molecule has 2 atom stereocenters. The van der Waals surface area contributed by atoms with Crippen LogP contribution in [0.1, 0.15) is 16.9 Å². The third kappa shape index (κ3) is 2.54. The number of carbonyl (C=O) groups is 2. The Morgan fingerprint density at radius 2 is 1.96 bits per heavy atom. The highest BCUT2D eigenvalue weighted by atomic mass is 16.5. The molecule has 1 amide bonds. The maximum absolute atomic E-state index is 12.9. The van der Waals surface area contributed by atoms with Gasteiger partial charge in [0.2, 0.25) is 0 Å². The van der Waals surface area contributed by atoms with Crippen LogP contribution in [0.5, 0.6) is 0 Å². The number of benzene rings is 1. The molecule has 24 heavy (non-hydrogen) atoms. The van der Waals surface area contributed by atoms with Crippen molar-refractivity contribution < 1.29 is 19.4 Å². The van der Waals surface area contributed by atoms with E-state index in [9.17, 15) is 19.5 Å². The number of nitrogens with zero attached hydrogens (tertiary/aromatic N) is 3. The van der Waals surface area contributed by atoms with Gasteiger partial charge in [-0.05, 0) is 6.07 Å². The summed E-state index contributed by atoms with van der Waals surface area (Å²) in [5, 5.41) is 14.7. The zero-order chi connectivity index (χ0) is 17.4. The number of rotatable bonds is 2. The number of aliphatic hydroxyl groups excluding tert-OH is 1. The molecular weight excluding hydrogens is 314 g/mol. The lowest BCUT2D eigenvalue weighted by Gasteiger charge is -2.22. The van der Waals surface area contributed by atoms with Crippen LogP contribution < -0.4 is 5.56 Å². The Bertz CT molecular complexity index is 876. The molecule has 0 bridgehead atoms. The number of aromatic nitrogens is 2. The minimum atomic E-state index is -0.865. The van der Waals surface area contributed by atoms with Crippen molar-refractivity contribution in [3.63, 3.8) is 0 Å². The van der Waals surface area contributed by atoms with E-state index in [4.69, 9.17) is 4.74 Å². The average molecular weight is 331 g/mol. The van der Waals surface area contributed by atoms with Crippen LogP contribution in [0.15, 0.2) is 29.1 Å². The number of hydrogen-bond acceptors (Lipinski definition) is 6. The van der Waals surface area contributed by atoms with Crippen LogP contribution >= 0.6 is 0 Å². The number of fused-ring (bicyclic) bond motifs is 1. The van der Waals surface area contributed by atoms with Crippen molar-refractivity contribution >= 4 is 22.6 Å². The molecule has 1 aliphatic rings. The Labute approximate surface area is 137 Å². The number of carbonyl (C=O) groups excluding carboxylic acids is 2. The number of ether oxygens (including phenoxy) is 1. The van der Waals surface area contributed by atoms with Gasteiger partial charge >= 0.3 is 5.97 Å². The quantitative estimate of drug-likeness (QED) is 0.757. The summed E-state index contributed by atoms with van der Waals surface area (Å²) in [6.07, 6.45) is -0.695. The second kappa shape index (κ2) is 6.04. The topological polar surface area (TPSA) is 102 Å². The highest BCUT2D eigenvalue weighted by molar-refractivity contribution is 6.06. The summed E-state index contributed by atoms with van der Waals surface area (Å²) < 4.78 is 5.80. The van der Waals surface area contributed by atoms with E-state index in [2.05, 4.69) is 5.10 Å². The Hall–Kier alpha value is -2.74. The molecule has 2 heterocycles. The number of likely N-dealkylation sites (tertiary alicyclic amines) is 1. The first kappa shape index (κ1) is 16.1. The summed E-state index contributed by atoms with van der Waals surface area (Å²) >= 11 is 0. The smallest absolute Gasteiger partial charge is 0.328 e. The van der Waals surface area contributed by atoms with Gasteiger partial charge in [0.05, 0.1) is 18.6 Å². The number of amides is 1. The van der Waals surface area contributed by atoms with Gasteiger partial charge in [0.1, 0.15) is 6.04 Å². The first-order valence-electron chi connectivity index (χ1n) is 7.47. The van der Waals surface area contributed by atoms with Crippen molar-refractivity contribution in [2.45, 2.75) is 18.6 Å². The molecular formula is C16H17N3O5. The number of β-amino-alcohol motifs (C(OH)–C–C–N with tert-alkyl or cyclic N) is 1. The van der Waals surface area contributed by atoms with Crippen molar-refractivity contribution in [1.82, 2.24) is 14.7 Å². The van der Waals surface area contributed by atoms with Crippen LogP contribution in [0.4, 0.5) is 0 Å². The minimum Gasteiger partial charge on any atom is -0.467 e. The first-order valence-corrected chi connectivity index (χ1v) is 7.47. The molecule has 1 aromatic heterocycles.